The van der Waals surface area contributed by atoms with Crippen molar-refractivity contribution in [3.8, 4) is 5.69 Å². The minimum absolute atomic E-state index is 0.0192. The largest absolute Gasteiger partial charge is 0.444 e. The van der Waals surface area contributed by atoms with Crippen molar-refractivity contribution in [2.75, 3.05) is 26.2 Å². The summed E-state index contributed by atoms with van der Waals surface area (Å²) in [4.78, 5) is 30.2. The van der Waals surface area contributed by atoms with Gasteiger partial charge >= 0.3 is 6.09 Å². The van der Waals surface area contributed by atoms with E-state index in [1.807, 2.05) is 25.7 Å². The van der Waals surface area contributed by atoms with Gasteiger partial charge in [-0.2, -0.15) is 5.10 Å². The molecule has 2 aliphatic rings. The molecule has 0 aliphatic carbocycles. The summed E-state index contributed by atoms with van der Waals surface area (Å²) >= 11 is 0. The Morgan fingerprint density at radius 3 is 2.15 bits per heavy atom. The number of halogens is 1. The van der Waals surface area contributed by atoms with Crippen LogP contribution in [0.5, 0.6) is 0 Å². The molecule has 0 radical (unpaired) electrons. The van der Waals surface area contributed by atoms with Gasteiger partial charge in [-0.1, -0.05) is 29.8 Å². The maximum absolute atomic E-state index is 13.9. The fourth-order valence-electron chi connectivity index (χ4n) is 5.59. The van der Waals surface area contributed by atoms with Crippen LogP contribution in [0.4, 0.5) is 9.18 Å². The van der Waals surface area contributed by atoms with Gasteiger partial charge in [0.05, 0.1) is 23.1 Å². The first-order valence-electron chi connectivity index (χ1n) is 13.8. The topological polar surface area (TPSA) is 67.7 Å². The molecule has 0 bridgehead atoms. The van der Waals surface area contributed by atoms with Crippen LogP contribution in [-0.4, -0.2) is 63.4 Å². The molecule has 0 saturated carbocycles. The first-order valence-corrected chi connectivity index (χ1v) is 13.8. The van der Waals surface area contributed by atoms with Crippen molar-refractivity contribution in [1.29, 1.82) is 0 Å². The van der Waals surface area contributed by atoms with E-state index in [-0.39, 0.29) is 23.7 Å². The third-order valence-corrected chi connectivity index (χ3v) is 7.67. The molecule has 206 valence electrons. The molecule has 3 aromatic rings. The summed E-state index contributed by atoms with van der Waals surface area (Å²) in [5, 5.41) is 4.61. The van der Waals surface area contributed by atoms with Crippen molar-refractivity contribution in [3.63, 3.8) is 0 Å². The fourth-order valence-corrected chi connectivity index (χ4v) is 5.59. The standard InChI is InChI=1S/C31H37FN4O3/c1-21-5-7-22(8-6-21)24-15-18-35(20-24)29(37)27-19-33-36(26-11-9-25(32)10-12-26)28(27)23-13-16-34(17-14-23)30(38)39-31(2,3)4/h5-12,19,23-24H,13-18,20H2,1-4H3/t24-/m0/s1. The molecule has 2 aliphatic heterocycles. The van der Waals surface area contributed by atoms with E-state index in [9.17, 15) is 14.0 Å². The molecule has 0 spiro atoms. The molecule has 39 heavy (non-hydrogen) atoms. The van der Waals surface area contributed by atoms with E-state index in [1.165, 1.54) is 23.3 Å². The number of ether oxygens (including phenoxy) is 1. The normalized spacial score (nSPS) is 18.4. The lowest BCUT2D eigenvalue weighted by Crippen LogP contribution is -2.41. The Morgan fingerprint density at radius 2 is 1.51 bits per heavy atom. The zero-order chi connectivity index (χ0) is 27.7. The van der Waals surface area contributed by atoms with Gasteiger partial charge in [0.15, 0.2) is 0 Å². The first kappa shape index (κ1) is 26.9. The zero-order valence-electron chi connectivity index (χ0n) is 23.2. The Morgan fingerprint density at radius 1 is 0.897 bits per heavy atom. The number of piperidine rings is 1. The number of aryl methyl sites for hydroxylation is 1. The zero-order valence-corrected chi connectivity index (χ0v) is 23.2. The predicted octanol–water partition coefficient (Wildman–Crippen LogP) is 6.06. The van der Waals surface area contributed by atoms with Gasteiger partial charge in [-0.05, 0) is 76.8 Å². The molecule has 2 aromatic carbocycles. The smallest absolute Gasteiger partial charge is 0.410 e. The maximum atomic E-state index is 13.9. The van der Waals surface area contributed by atoms with E-state index in [0.29, 0.717) is 56.2 Å². The number of nitrogens with zero attached hydrogens (tertiary/aromatic N) is 4. The quantitative estimate of drug-likeness (QED) is 0.409. The number of amides is 2. The Kier molecular flexibility index (Phi) is 7.47. The average Bonchev–Trinajstić information content (AvgIpc) is 3.57. The maximum Gasteiger partial charge on any atom is 0.410 e. The predicted molar refractivity (Wildman–Crippen MR) is 148 cm³/mol. The van der Waals surface area contributed by atoms with Crippen LogP contribution in [0, 0.1) is 12.7 Å². The summed E-state index contributed by atoms with van der Waals surface area (Å²) in [6.07, 6.45) is 3.62. The van der Waals surface area contributed by atoms with Crippen molar-refractivity contribution in [2.45, 2.75) is 64.4 Å². The highest BCUT2D eigenvalue weighted by molar-refractivity contribution is 5.95. The molecular formula is C31H37FN4O3. The van der Waals surface area contributed by atoms with Crippen molar-refractivity contribution < 1.29 is 18.7 Å². The number of carbonyl (C=O) groups excluding carboxylic acids is 2. The highest BCUT2D eigenvalue weighted by Crippen LogP contribution is 2.35. The molecule has 0 N–H and O–H groups in total. The van der Waals surface area contributed by atoms with Gasteiger partial charge < -0.3 is 14.5 Å². The van der Waals surface area contributed by atoms with Crippen LogP contribution in [0.3, 0.4) is 0 Å². The lowest BCUT2D eigenvalue weighted by molar-refractivity contribution is 0.0203. The SMILES string of the molecule is Cc1ccc([C@H]2CCN(C(=O)c3cnn(-c4ccc(F)cc4)c3C3CCN(C(=O)OC(C)(C)C)CC3)C2)cc1. The summed E-state index contributed by atoms with van der Waals surface area (Å²) in [6.45, 7) is 10.1. The van der Waals surface area contributed by atoms with Gasteiger partial charge in [-0.3, -0.25) is 4.79 Å². The number of aromatic nitrogens is 2. The van der Waals surface area contributed by atoms with Crippen LogP contribution in [-0.2, 0) is 4.74 Å². The van der Waals surface area contributed by atoms with Crippen LogP contribution < -0.4 is 0 Å². The van der Waals surface area contributed by atoms with E-state index in [0.717, 1.165) is 12.1 Å². The third kappa shape index (κ3) is 6.00. The number of hydrogen-bond donors (Lipinski definition) is 0. The molecule has 1 atom stereocenters. The van der Waals surface area contributed by atoms with E-state index >= 15 is 0 Å². The van der Waals surface area contributed by atoms with E-state index in [2.05, 4.69) is 36.3 Å². The number of hydrogen-bond acceptors (Lipinski definition) is 4. The monoisotopic (exact) mass is 532 g/mol. The molecule has 2 saturated heterocycles. The minimum atomic E-state index is -0.555. The van der Waals surface area contributed by atoms with Crippen LogP contribution in [0.25, 0.3) is 5.69 Å². The molecule has 1 aromatic heterocycles. The molecule has 2 fully saturated rings. The van der Waals surface area contributed by atoms with Crippen LogP contribution in [0.15, 0.2) is 54.7 Å². The average molecular weight is 533 g/mol. The first-order chi connectivity index (χ1) is 18.6. The summed E-state index contributed by atoms with van der Waals surface area (Å²) < 4.78 is 21.0. The molecular weight excluding hydrogens is 495 g/mol. The Bertz CT molecular complexity index is 1320. The van der Waals surface area contributed by atoms with Gasteiger partial charge in [0.2, 0.25) is 0 Å². The second-order valence-electron chi connectivity index (χ2n) is 11.7. The van der Waals surface area contributed by atoms with Gasteiger partial charge in [-0.15, -0.1) is 0 Å². The van der Waals surface area contributed by atoms with E-state index in [4.69, 9.17) is 4.74 Å². The molecule has 8 heteroatoms. The molecule has 5 rings (SSSR count). The molecule has 2 amide bonds. The van der Waals surface area contributed by atoms with Crippen LogP contribution in [0.1, 0.15) is 79.0 Å². The summed E-state index contributed by atoms with van der Waals surface area (Å²) in [7, 11) is 0. The van der Waals surface area contributed by atoms with E-state index in [1.54, 1.807) is 27.9 Å². The van der Waals surface area contributed by atoms with Crippen LogP contribution in [0.2, 0.25) is 0 Å². The van der Waals surface area contributed by atoms with E-state index < -0.39 is 5.60 Å². The minimum Gasteiger partial charge on any atom is -0.444 e. The summed E-state index contributed by atoms with van der Waals surface area (Å²) in [5.41, 5.74) is 4.04. The van der Waals surface area contributed by atoms with Gasteiger partial charge in [0.25, 0.3) is 5.91 Å². The highest BCUT2D eigenvalue weighted by atomic mass is 19.1. The lowest BCUT2D eigenvalue weighted by atomic mass is 9.90. The van der Waals surface area contributed by atoms with Crippen molar-refractivity contribution in [3.05, 3.63) is 82.9 Å². The van der Waals surface area contributed by atoms with Gasteiger partial charge in [0, 0.05) is 38.0 Å². The number of rotatable bonds is 4. The lowest BCUT2D eigenvalue weighted by Gasteiger charge is -2.34. The number of carbonyl (C=O) groups is 2. The second kappa shape index (κ2) is 10.8. The van der Waals surface area contributed by atoms with Crippen molar-refractivity contribution in [2.24, 2.45) is 0 Å². The third-order valence-electron chi connectivity index (χ3n) is 7.67. The number of likely N-dealkylation sites (tertiary alicyclic amines) is 2. The molecule has 0 unspecified atom stereocenters. The number of benzene rings is 2. The second-order valence-corrected chi connectivity index (χ2v) is 11.7. The Labute approximate surface area is 229 Å². The molecule has 3 heterocycles. The fraction of sp³-hybridized carbons (Fsp3) is 0.452. The van der Waals surface area contributed by atoms with Crippen molar-refractivity contribution >= 4 is 12.0 Å². The van der Waals surface area contributed by atoms with Gasteiger partial charge in [0.1, 0.15) is 11.4 Å². The molecule has 7 nitrogen and oxygen atoms in total. The Hall–Kier alpha value is -3.68. The highest BCUT2D eigenvalue weighted by Gasteiger charge is 2.35. The summed E-state index contributed by atoms with van der Waals surface area (Å²) in [6, 6.07) is 14.7. The van der Waals surface area contributed by atoms with Gasteiger partial charge in [-0.25, -0.2) is 13.9 Å². The Balaban J connectivity index is 1.39. The summed E-state index contributed by atoms with van der Waals surface area (Å²) in [5.74, 6) is -0.0240. The van der Waals surface area contributed by atoms with Crippen LogP contribution >= 0.6 is 0 Å². The van der Waals surface area contributed by atoms with Crippen molar-refractivity contribution in [1.82, 2.24) is 19.6 Å².